The summed E-state index contributed by atoms with van der Waals surface area (Å²) in [5.41, 5.74) is 11.2. The summed E-state index contributed by atoms with van der Waals surface area (Å²) in [7, 11) is 0. The molecule has 0 fully saturated rings. The summed E-state index contributed by atoms with van der Waals surface area (Å²) in [5.74, 6) is 0.559. The van der Waals surface area contributed by atoms with Crippen molar-refractivity contribution in [2.75, 3.05) is 6.54 Å². The molecule has 3 N–H and O–H groups in total. The lowest BCUT2D eigenvalue weighted by molar-refractivity contribution is 0.738. The Kier molecular flexibility index (Phi) is 5.80. The number of H-pyrrole nitrogens is 1. The summed E-state index contributed by atoms with van der Waals surface area (Å²) in [6.45, 7) is 5.33. The van der Waals surface area contributed by atoms with Gasteiger partial charge in [-0.25, -0.2) is 0 Å². The lowest BCUT2D eigenvalue weighted by atomic mass is 9.95. The quantitative estimate of drug-likeness (QED) is 0.436. The van der Waals surface area contributed by atoms with E-state index >= 15 is 0 Å². The number of halogens is 1. The topological polar surface area (TPSA) is 41.8 Å². The van der Waals surface area contributed by atoms with Crippen LogP contribution in [0.15, 0.2) is 34.1 Å². The van der Waals surface area contributed by atoms with Gasteiger partial charge in [0, 0.05) is 15.4 Å². The van der Waals surface area contributed by atoms with Gasteiger partial charge in [0.05, 0.1) is 10.6 Å². The molecule has 0 radical (unpaired) electrons. The predicted molar refractivity (Wildman–Crippen MR) is 110 cm³/mol. The Morgan fingerprint density at radius 2 is 2.08 bits per heavy atom. The van der Waals surface area contributed by atoms with Crippen molar-refractivity contribution >= 4 is 38.2 Å². The van der Waals surface area contributed by atoms with Gasteiger partial charge in [-0.15, -0.1) is 11.3 Å². The SMILES string of the molecule is CCC(C)c1cccc2c(CCCCN)c(-c3sccc3Br)[nH]c12. The van der Waals surface area contributed by atoms with Crippen molar-refractivity contribution in [1.29, 1.82) is 0 Å². The van der Waals surface area contributed by atoms with Crippen LogP contribution < -0.4 is 5.73 Å². The first-order valence-corrected chi connectivity index (χ1v) is 10.4. The number of para-hydroxylation sites is 1. The highest BCUT2D eigenvalue weighted by atomic mass is 79.9. The Bertz CT molecular complexity index is 818. The van der Waals surface area contributed by atoms with Gasteiger partial charge in [0.1, 0.15) is 0 Å². The van der Waals surface area contributed by atoms with Gasteiger partial charge in [-0.2, -0.15) is 0 Å². The number of nitrogens with two attached hydrogens (primary N) is 1. The molecule has 1 atom stereocenters. The van der Waals surface area contributed by atoms with Gasteiger partial charge >= 0.3 is 0 Å². The van der Waals surface area contributed by atoms with Crippen LogP contribution in [0.3, 0.4) is 0 Å². The van der Waals surface area contributed by atoms with Crippen LogP contribution >= 0.6 is 27.3 Å². The molecule has 0 amide bonds. The Labute approximate surface area is 156 Å². The van der Waals surface area contributed by atoms with Crippen LogP contribution in [0.1, 0.15) is 50.2 Å². The molecule has 3 aromatic rings. The smallest absolute Gasteiger partial charge is 0.0650 e. The molecule has 2 aromatic heterocycles. The van der Waals surface area contributed by atoms with E-state index in [1.807, 2.05) is 0 Å². The number of aromatic nitrogens is 1. The number of aryl methyl sites for hydroxylation is 1. The third-order valence-electron chi connectivity index (χ3n) is 4.84. The maximum atomic E-state index is 5.71. The van der Waals surface area contributed by atoms with Gasteiger partial charge in [-0.05, 0) is 76.6 Å². The minimum Gasteiger partial charge on any atom is -0.353 e. The average Bonchev–Trinajstić information content (AvgIpc) is 3.17. The van der Waals surface area contributed by atoms with Gasteiger partial charge in [0.15, 0.2) is 0 Å². The molecule has 1 aromatic carbocycles. The highest BCUT2D eigenvalue weighted by Crippen LogP contribution is 2.40. The third kappa shape index (κ3) is 3.32. The summed E-state index contributed by atoms with van der Waals surface area (Å²) in [6.07, 6.45) is 4.43. The first-order chi connectivity index (χ1) is 11.7. The van der Waals surface area contributed by atoms with E-state index in [0.29, 0.717) is 5.92 Å². The number of nitrogens with one attached hydrogen (secondary N) is 1. The molecule has 0 aliphatic carbocycles. The van der Waals surface area contributed by atoms with Crippen LogP contribution in [0.5, 0.6) is 0 Å². The second-order valence-electron chi connectivity index (χ2n) is 6.40. The molecule has 0 bridgehead atoms. The number of aromatic amines is 1. The van der Waals surface area contributed by atoms with Crippen molar-refractivity contribution in [2.24, 2.45) is 5.73 Å². The Morgan fingerprint density at radius 3 is 2.75 bits per heavy atom. The molecule has 0 spiro atoms. The second-order valence-corrected chi connectivity index (χ2v) is 8.17. The predicted octanol–water partition coefficient (Wildman–Crippen LogP) is 6.45. The average molecular weight is 405 g/mol. The molecule has 0 aliphatic heterocycles. The zero-order chi connectivity index (χ0) is 17.1. The number of rotatable bonds is 7. The summed E-state index contributed by atoms with van der Waals surface area (Å²) in [5, 5.41) is 3.52. The van der Waals surface area contributed by atoms with Crippen molar-refractivity contribution in [1.82, 2.24) is 4.98 Å². The zero-order valence-electron chi connectivity index (χ0n) is 14.4. The molecular weight excluding hydrogens is 380 g/mol. The number of thiophene rings is 1. The molecule has 0 saturated heterocycles. The number of hydrogen-bond acceptors (Lipinski definition) is 2. The van der Waals surface area contributed by atoms with Crippen LogP contribution in [0, 0.1) is 0 Å². The molecule has 1 unspecified atom stereocenters. The fourth-order valence-electron chi connectivity index (χ4n) is 3.30. The minimum absolute atomic E-state index is 0.559. The molecule has 0 saturated carbocycles. The maximum absolute atomic E-state index is 5.71. The molecular formula is C20H25BrN2S. The molecule has 4 heteroatoms. The number of hydrogen-bond donors (Lipinski definition) is 2. The standard InChI is InChI=1S/C20H25BrN2S/c1-3-13(2)14-8-6-9-15-16(7-4-5-11-22)19(23-18(14)15)20-17(21)10-12-24-20/h6,8-10,12-13,23H,3-5,7,11,22H2,1-2H3. The van der Waals surface area contributed by atoms with E-state index < -0.39 is 0 Å². The first-order valence-electron chi connectivity index (χ1n) is 8.74. The molecule has 0 aliphatic rings. The van der Waals surface area contributed by atoms with Crippen LogP contribution in [-0.4, -0.2) is 11.5 Å². The van der Waals surface area contributed by atoms with E-state index in [1.54, 1.807) is 11.3 Å². The summed E-state index contributed by atoms with van der Waals surface area (Å²) >= 11 is 5.50. The Hall–Kier alpha value is -1.10. The van der Waals surface area contributed by atoms with Gasteiger partial charge in [0.2, 0.25) is 0 Å². The van der Waals surface area contributed by atoms with Gasteiger partial charge in [0.25, 0.3) is 0 Å². The van der Waals surface area contributed by atoms with Crippen LogP contribution in [0.4, 0.5) is 0 Å². The van der Waals surface area contributed by atoms with Crippen molar-refractivity contribution in [3.63, 3.8) is 0 Å². The van der Waals surface area contributed by atoms with Gasteiger partial charge in [-0.3, -0.25) is 0 Å². The van der Waals surface area contributed by atoms with Crippen molar-refractivity contribution < 1.29 is 0 Å². The van der Waals surface area contributed by atoms with Crippen LogP contribution in [0.25, 0.3) is 21.5 Å². The Morgan fingerprint density at radius 1 is 1.25 bits per heavy atom. The summed E-state index contributed by atoms with van der Waals surface area (Å²) in [4.78, 5) is 5.06. The van der Waals surface area contributed by atoms with Crippen LogP contribution in [-0.2, 0) is 6.42 Å². The summed E-state index contributed by atoms with van der Waals surface area (Å²) < 4.78 is 1.17. The van der Waals surface area contributed by atoms with E-state index in [4.69, 9.17) is 5.73 Å². The molecule has 128 valence electrons. The normalized spacial score (nSPS) is 12.8. The zero-order valence-corrected chi connectivity index (χ0v) is 16.8. The van der Waals surface area contributed by atoms with E-state index in [0.717, 1.165) is 32.2 Å². The van der Waals surface area contributed by atoms with Crippen molar-refractivity contribution in [3.8, 4) is 10.6 Å². The number of unbranched alkanes of at least 4 members (excludes halogenated alkanes) is 1. The second kappa shape index (κ2) is 7.85. The van der Waals surface area contributed by atoms with Crippen LogP contribution in [0.2, 0.25) is 0 Å². The van der Waals surface area contributed by atoms with E-state index in [9.17, 15) is 0 Å². The van der Waals surface area contributed by atoms with E-state index in [-0.39, 0.29) is 0 Å². The molecule has 3 rings (SSSR count). The minimum atomic E-state index is 0.559. The summed E-state index contributed by atoms with van der Waals surface area (Å²) in [6, 6.07) is 8.87. The lowest BCUT2D eigenvalue weighted by Crippen LogP contribution is -1.99. The highest BCUT2D eigenvalue weighted by Gasteiger charge is 2.19. The molecule has 2 nitrogen and oxygen atoms in total. The number of benzene rings is 1. The lowest BCUT2D eigenvalue weighted by Gasteiger charge is -2.10. The van der Waals surface area contributed by atoms with E-state index in [1.165, 1.54) is 37.1 Å². The Balaban J connectivity index is 2.17. The third-order valence-corrected chi connectivity index (χ3v) is 6.70. The van der Waals surface area contributed by atoms with Gasteiger partial charge in [-0.1, -0.05) is 32.0 Å². The maximum Gasteiger partial charge on any atom is 0.0650 e. The fourth-order valence-corrected chi connectivity index (χ4v) is 4.90. The van der Waals surface area contributed by atoms with E-state index in [2.05, 4.69) is 64.4 Å². The monoisotopic (exact) mass is 404 g/mol. The van der Waals surface area contributed by atoms with Crippen molar-refractivity contribution in [3.05, 3.63) is 45.2 Å². The first kappa shape index (κ1) is 17.7. The number of fused-ring (bicyclic) bond motifs is 1. The van der Waals surface area contributed by atoms with Crippen molar-refractivity contribution in [2.45, 2.75) is 45.4 Å². The molecule has 24 heavy (non-hydrogen) atoms. The largest absolute Gasteiger partial charge is 0.353 e. The highest BCUT2D eigenvalue weighted by molar-refractivity contribution is 9.10. The van der Waals surface area contributed by atoms with Gasteiger partial charge < -0.3 is 10.7 Å². The molecule has 2 heterocycles. The fraction of sp³-hybridized carbons (Fsp3) is 0.400.